The highest BCUT2D eigenvalue weighted by Crippen LogP contribution is 2.30. The van der Waals surface area contributed by atoms with Crippen molar-refractivity contribution in [2.75, 3.05) is 0 Å². The zero-order valence-electron chi connectivity index (χ0n) is 9.82. The van der Waals surface area contributed by atoms with Crippen molar-refractivity contribution in [2.45, 2.75) is 31.5 Å². The summed E-state index contributed by atoms with van der Waals surface area (Å²) in [6.45, 7) is 5.50. The van der Waals surface area contributed by atoms with Crippen molar-refractivity contribution < 1.29 is 8.42 Å². The lowest BCUT2D eigenvalue weighted by atomic mass is 10.1. The maximum absolute atomic E-state index is 11.5. The predicted octanol–water partition coefficient (Wildman–Crippen LogP) is 1.48. The smallest absolute Gasteiger partial charge is 0.291 e. The highest BCUT2D eigenvalue weighted by atomic mass is 35.7. The Bertz CT molecular complexity index is 656. The molecule has 2 heterocycles. The third-order valence-corrected chi connectivity index (χ3v) is 3.88. The quantitative estimate of drug-likeness (QED) is 0.780. The molecule has 10 heteroatoms. The summed E-state index contributed by atoms with van der Waals surface area (Å²) in [6.07, 6.45) is 1.50. The molecule has 98 valence electrons. The predicted molar refractivity (Wildman–Crippen MR) is 67.0 cm³/mol. The summed E-state index contributed by atoms with van der Waals surface area (Å²) in [6, 6.07) is 0. The normalized spacial score (nSPS) is 12.9. The number of hydrogen-bond acceptors (Lipinski definition) is 7. The van der Waals surface area contributed by atoms with Crippen LogP contribution in [-0.2, 0) is 14.6 Å². The first-order valence-corrected chi connectivity index (χ1v) is 7.98. The van der Waals surface area contributed by atoms with E-state index in [1.54, 1.807) is 0 Å². The van der Waals surface area contributed by atoms with Crippen molar-refractivity contribution in [3.63, 3.8) is 0 Å². The Balaban J connectivity index is 2.75. The first-order chi connectivity index (χ1) is 8.21. The topological polar surface area (TPSA) is 90.6 Å². The van der Waals surface area contributed by atoms with Crippen molar-refractivity contribution in [1.82, 2.24) is 24.4 Å². The van der Waals surface area contributed by atoms with Crippen LogP contribution in [0.4, 0.5) is 0 Å². The lowest BCUT2D eigenvalue weighted by Crippen LogP contribution is -2.25. The van der Waals surface area contributed by atoms with Crippen LogP contribution in [0, 0.1) is 0 Å². The second-order valence-electron chi connectivity index (χ2n) is 4.53. The van der Waals surface area contributed by atoms with E-state index >= 15 is 0 Å². The van der Waals surface area contributed by atoms with Gasteiger partial charge in [-0.05, 0) is 32.3 Å². The summed E-state index contributed by atoms with van der Waals surface area (Å²) in [4.78, 5) is 0.629. The highest BCUT2D eigenvalue weighted by molar-refractivity contribution is 8.13. The number of rotatable bonds is 2. The van der Waals surface area contributed by atoms with E-state index in [-0.39, 0.29) is 5.16 Å². The molecule has 2 rings (SSSR count). The lowest BCUT2D eigenvalue weighted by molar-refractivity contribution is 0.367. The molecular weight excluding hydrogens is 298 g/mol. The van der Waals surface area contributed by atoms with Gasteiger partial charge in [0.05, 0.1) is 6.20 Å². The van der Waals surface area contributed by atoms with Crippen molar-refractivity contribution >= 4 is 31.3 Å². The van der Waals surface area contributed by atoms with Crippen LogP contribution < -0.4 is 0 Å². The Morgan fingerprint density at radius 2 is 2.00 bits per heavy atom. The average molecular weight is 308 g/mol. The summed E-state index contributed by atoms with van der Waals surface area (Å²) < 4.78 is 28.2. The van der Waals surface area contributed by atoms with E-state index < -0.39 is 14.6 Å². The zero-order valence-corrected chi connectivity index (χ0v) is 12.2. The van der Waals surface area contributed by atoms with Gasteiger partial charge >= 0.3 is 0 Å². The van der Waals surface area contributed by atoms with Crippen LogP contribution in [0.1, 0.15) is 20.8 Å². The van der Waals surface area contributed by atoms with Crippen LogP contribution in [0.2, 0.25) is 0 Å². The molecule has 0 aliphatic heterocycles. The van der Waals surface area contributed by atoms with Gasteiger partial charge in [0.25, 0.3) is 14.2 Å². The molecule has 7 nitrogen and oxygen atoms in total. The van der Waals surface area contributed by atoms with Crippen molar-refractivity contribution in [3.8, 4) is 10.7 Å². The number of nitrogens with zero attached hydrogens (tertiary/aromatic N) is 5. The largest absolute Gasteiger partial charge is 0.296 e. The van der Waals surface area contributed by atoms with Crippen LogP contribution >= 0.6 is 22.2 Å². The fraction of sp³-hybridized carbons (Fsp3) is 0.500. The van der Waals surface area contributed by atoms with E-state index in [0.717, 1.165) is 11.5 Å². The summed E-state index contributed by atoms with van der Waals surface area (Å²) in [5.74, 6) is 0.386. The second-order valence-corrected chi connectivity index (χ2v) is 7.78. The molecule has 0 N–H and O–H groups in total. The van der Waals surface area contributed by atoms with Gasteiger partial charge in [0.1, 0.15) is 4.88 Å². The number of aromatic nitrogens is 5. The van der Waals surface area contributed by atoms with Gasteiger partial charge in [-0.1, -0.05) is 4.49 Å². The van der Waals surface area contributed by atoms with E-state index in [1.807, 2.05) is 20.8 Å². The van der Waals surface area contributed by atoms with Gasteiger partial charge in [0.15, 0.2) is 5.82 Å². The molecule has 0 spiro atoms. The third kappa shape index (κ3) is 2.38. The molecule has 0 saturated carbocycles. The fourth-order valence-corrected chi connectivity index (χ4v) is 2.96. The first kappa shape index (κ1) is 13.4. The average Bonchev–Trinajstić information content (AvgIpc) is 2.83. The van der Waals surface area contributed by atoms with Crippen LogP contribution in [0.5, 0.6) is 0 Å². The van der Waals surface area contributed by atoms with Gasteiger partial charge in [0, 0.05) is 16.2 Å². The molecule has 0 aromatic carbocycles. The zero-order chi connectivity index (χ0) is 13.6. The minimum atomic E-state index is -3.96. The molecule has 0 aliphatic carbocycles. The van der Waals surface area contributed by atoms with Crippen LogP contribution in [0.3, 0.4) is 0 Å². The van der Waals surface area contributed by atoms with Crippen molar-refractivity contribution in [1.29, 1.82) is 0 Å². The molecular formula is C8H10ClN5O2S2. The number of hydrogen-bond donors (Lipinski definition) is 0. The molecule has 0 saturated heterocycles. The summed E-state index contributed by atoms with van der Waals surface area (Å²) >= 11 is 1.11. The lowest BCUT2D eigenvalue weighted by Gasteiger charge is -2.23. The molecule has 0 atom stereocenters. The van der Waals surface area contributed by atoms with E-state index in [2.05, 4.69) is 19.8 Å². The standard InChI is InChI=1S/C8H10ClN5O2S2/c1-8(2,3)14-6(5-4-10-13-17-5)11-12-7(14)18(9,15)16/h4H,1-3H3. The minimum absolute atomic E-state index is 0.278. The highest BCUT2D eigenvalue weighted by Gasteiger charge is 2.30. The van der Waals surface area contributed by atoms with Crippen molar-refractivity contribution in [3.05, 3.63) is 6.20 Å². The number of halogens is 1. The SMILES string of the molecule is CC(C)(C)n1c(-c2cnns2)nnc1S(=O)(=O)Cl. The Morgan fingerprint density at radius 1 is 1.33 bits per heavy atom. The molecule has 0 radical (unpaired) electrons. The Labute approximate surface area is 112 Å². The minimum Gasteiger partial charge on any atom is -0.291 e. The molecule has 0 fully saturated rings. The van der Waals surface area contributed by atoms with Gasteiger partial charge in [-0.3, -0.25) is 4.57 Å². The van der Waals surface area contributed by atoms with Gasteiger partial charge < -0.3 is 0 Å². The Morgan fingerprint density at radius 3 is 2.44 bits per heavy atom. The fourth-order valence-electron chi connectivity index (χ4n) is 1.46. The van der Waals surface area contributed by atoms with E-state index in [4.69, 9.17) is 10.7 Å². The van der Waals surface area contributed by atoms with Crippen LogP contribution in [0.15, 0.2) is 11.4 Å². The van der Waals surface area contributed by atoms with E-state index in [1.165, 1.54) is 10.8 Å². The molecule has 2 aromatic rings. The molecule has 0 unspecified atom stereocenters. The van der Waals surface area contributed by atoms with Gasteiger partial charge in [0.2, 0.25) is 0 Å². The summed E-state index contributed by atoms with van der Waals surface area (Å²) in [5.41, 5.74) is -0.542. The molecule has 2 aromatic heterocycles. The van der Waals surface area contributed by atoms with Crippen LogP contribution in [0.25, 0.3) is 10.7 Å². The Kier molecular flexibility index (Phi) is 3.16. The van der Waals surface area contributed by atoms with Gasteiger partial charge in [-0.25, -0.2) is 8.42 Å². The molecule has 0 amide bonds. The monoisotopic (exact) mass is 307 g/mol. The van der Waals surface area contributed by atoms with E-state index in [0.29, 0.717) is 10.7 Å². The van der Waals surface area contributed by atoms with E-state index in [9.17, 15) is 8.42 Å². The van der Waals surface area contributed by atoms with Gasteiger partial charge in [-0.2, -0.15) is 0 Å². The second kappa shape index (κ2) is 4.25. The summed E-state index contributed by atoms with van der Waals surface area (Å²) in [7, 11) is 1.40. The molecule has 0 bridgehead atoms. The molecule has 0 aliphatic rings. The van der Waals surface area contributed by atoms with Gasteiger partial charge in [-0.15, -0.1) is 15.3 Å². The summed E-state index contributed by atoms with van der Waals surface area (Å²) in [5, 5.41) is 10.9. The molecule has 18 heavy (non-hydrogen) atoms. The van der Waals surface area contributed by atoms with Crippen LogP contribution in [-0.4, -0.2) is 32.8 Å². The Hall–Kier alpha value is -1.06. The maximum atomic E-state index is 11.5. The first-order valence-electron chi connectivity index (χ1n) is 4.89. The van der Waals surface area contributed by atoms with Crippen molar-refractivity contribution in [2.24, 2.45) is 0 Å². The maximum Gasteiger partial charge on any atom is 0.296 e. The third-order valence-electron chi connectivity index (χ3n) is 2.10.